The fourth-order valence-electron chi connectivity index (χ4n) is 6.40. The fourth-order valence-corrected chi connectivity index (χ4v) is 6.40. The minimum absolute atomic E-state index is 0.0317. The molecule has 7 nitrogen and oxygen atoms in total. The van der Waals surface area contributed by atoms with Crippen molar-refractivity contribution < 1.29 is 19.4 Å². The Labute approximate surface area is 242 Å². The summed E-state index contributed by atoms with van der Waals surface area (Å²) in [5.41, 5.74) is 2.18. The Morgan fingerprint density at radius 1 is 1.15 bits per heavy atom. The number of likely N-dealkylation sites (tertiary alicyclic amines) is 1. The third-order valence-corrected chi connectivity index (χ3v) is 8.63. The smallest absolute Gasteiger partial charge is 0.308 e. The van der Waals surface area contributed by atoms with Crippen molar-refractivity contribution >= 4 is 11.9 Å². The lowest BCUT2D eigenvalue weighted by Crippen LogP contribution is -2.45. The fraction of sp³-hybridized carbons (Fsp3) is 0.697. The van der Waals surface area contributed by atoms with E-state index < -0.39 is 11.9 Å². The van der Waals surface area contributed by atoms with E-state index in [0.717, 1.165) is 81.5 Å². The number of nitrogens with zero attached hydrogens (tertiary/aromatic N) is 3. The standard InChI is InChI=1S/C33H53N3O4/c1-7-9-19-35(20-11-10-18-34(5)6)30(37)24-36-23-27(25-12-13-29-26(22-25)15-21-40-29)31(32(38)39)28(36)14-17-33(3,4)16-8-2/h8,12-13,16,22,27-28,31H,7,9-11,14-15,17-21,23-24H2,1-6H3,(H,38,39)/b16-8+/t27-,28+,31-/m1/s1. The molecular weight excluding hydrogens is 502 g/mol. The van der Waals surface area contributed by atoms with Gasteiger partial charge in [0.25, 0.3) is 0 Å². The van der Waals surface area contributed by atoms with Gasteiger partial charge in [0.2, 0.25) is 5.91 Å². The third-order valence-electron chi connectivity index (χ3n) is 8.63. The van der Waals surface area contributed by atoms with Crippen LogP contribution in [-0.4, -0.2) is 91.2 Å². The summed E-state index contributed by atoms with van der Waals surface area (Å²) in [5.74, 6) is -0.444. The second kappa shape index (κ2) is 15.0. The Kier molecular flexibility index (Phi) is 12.1. The maximum absolute atomic E-state index is 13.8. The van der Waals surface area contributed by atoms with Gasteiger partial charge < -0.3 is 19.6 Å². The molecule has 1 N–H and O–H groups in total. The van der Waals surface area contributed by atoms with Gasteiger partial charge in [-0.05, 0) is 82.3 Å². The molecule has 0 saturated carbocycles. The average molecular weight is 556 g/mol. The quantitative estimate of drug-likeness (QED) is 0.216. The number of hydrogen-bond donors (Lipinski definition) is 1. The van der Waals surface area contributed by atoms with Crippen LogP contribution in [0.2, 0.25) is 0 Å². The maximum Gasteiger partial charge on any atom is 0.308 e. The van der Waals surface area contributed by atoms with Gasteiger partial charge >= 0.3 is 5.97 Å². The molecule has 0 unspecified atom stereocenters. The van der Waals surface area contributed by atoms with Gasteiger partial charge in [0.1, 0.15) is 5.75 Å². The van der Waals surface area contributed by atoms with Crippen molar-refractivity contribution in [1.82, 2.24) is 14.7 Å². The number of carbonyl (C=O) groups is 2. The number of carboxylic acids is 1. The number of amides is 1. The van der Waals surface area contributed by atoms with Crippen molar-refractivity contribution in [1.29, 1.82) is 0 Å². The van der Waals surface area contributed by atoms with Crippen LogP contribution in [0, 0.1) is 11.3 Å². The summed E-state index contributed by atoms with van der Waals surface area (Å²) in [4.78, 5) is 33.0. The first-order chi connectivity index (χ1) is 19.1. The molecule has 1 amide bonds. The van der Waals surface area contributed by atoms with Crippen LogP contribution in [0.4, 0.5) is 0 Å². The molecule has 0 spiro atoms. The molecule has 1 saturated heterocycles. The van der Waals surface area contributed by atoms with Crippen LogP contribution in [0.5, 0.6) is 5.75 Å². The number of carboxylic acid groups (broad SMARTS) is 1. The van der Waals surface area contributed by atoms with Crippen LogP contribution in [0.3, 0.4) is 0 Å². The van der Waals surface area contributed by atoms with E-state index in [-0.39, 0.29) is 29.8 Å². The van der Waals surface area contributed by atoms with Crippen molar-refractivity contribution in [3.8, 4) is 5.75 Å². The van der Waals surface area contributed by atoms with Crippen LogP contribution < -0.4 is 4.74 Å². The molecule has 0 aromatic heterocycles. The van der Waals surface area contributed by atoms with E-state index in [1.165, 1.54) is 0 Å². The number of unbranched alkanes of at least 4 members (excludes halogenated alkanes) is 2. The van der Waals surface area contributed by atoms with Gasteiger partial charge in [-0.15, -0.1) is 0 Å². The monoisotopic (exact) mass is 555 g/mol. The van der Waals surface area contributed by atoms with Gasteiger partial charge in [0.15, 0.2) is 0 Å². The summed E-state index contributed by atoms with van der Waals surface area (Å²) < 4.78 is 5.71. The highest BCUT2D eigenvalue weighted by molar-refractivity contribution is 5.79. The van der Waals surface area contributed by atoms with E-state index in [9.17, 15) is 14.7 Å². The van der Waals surface area contributed by atoms with Crippen molar-refractivity contribution in [2.24, 2.45) is 11.3 Å². The lowest BCUT2D eigenvalue weighted by Gasteiger charge is -2.31. The zero-order chi connectivity index (χ0) is 29.3. The lowest BCUT2D eigenvalue weighted by atomic mass is 9.80. The van der Waals surface area contributed by atoms with Crippen molar-refractivity contribution in [2.75, 3.05) is 53.4 Å². The first-order valence-electron chi connectivity index (χ1n) is 15.3. The third kappa shape index (κ3) is 8.81. The zero-order valence-electron chi connectivity index (χ0n) is 25.8. The zero-order valence-corrected chi connectivity index (χ0v) is 25.8. The molecule has 2 heterocycles. The molecule has 7 heteroatoms. The summed E-state index contributed by atoms with van der Waals surface area (Å²) in [6.07, 6.45) is 10.8. The number of fused-ring (bicyclic) bond motifs is 1. The van der Waals surface area contributed by atoms with Crippen LogP contribution in [0.15, 0.2) is 30.4 Å². The molecule has 0 aliphatic carbocycles. The number of hydrogen-bond acceptors (Lipinski definition) is 5. The molecule has 3 atom stereocenters. The number of benzene rings is 1. The van der Waals surface area contributed by atoms with E-state index in [4.69, 9.17) is 4.74 Å². The normalized spacial score (nSPS) is 21.2. The highest BCUT2D eigenvalue weighted by Crippen LogP contribution is 2.42. The van der Waals surface area contributed by atoms with E-state index >= 15 is 0 Å². The molecule has 0 radical (unpaired) electrons. The van der Waals surface area contributed by atoms with Gasteiger partial charge in [-0.1, -0.05) is 51.5 Å². The first-order valence-corrected chi connectivity index (χ1v) is 15.3. The van der Waals surface area contributed by atoms with E-state index in [1.807, 2.05) is 24.0 Å². The average Bonchev–Trinajstić information content (AvgIpc) is 3.51. The van der Waals surface area contributed by atoms with Gasteiger partial charge in [0, 0.05) is 38.0 Å². The van der Waals surface area contributed by atoms with E-state index in [2.05, 4.69) is 62.9 Å². The molecule has 2 aliphatic rings. The summed E-state index contributed by atoms with van der Waals surface area (Å²) in [6, 6.07) is 5.99. The number of carbonyl (C=O) groups excluding carboxylic acids is 1. The second-order valence-corrected chi connectivity index (χ2v) is 12.7. The number of rotatable bonds is 16. The molecule has 1 fully saturated rings. The van der Waals surface area contributed by atoms with E-state index in [1.54, 1.807) is 0 Å². The molecular formula is C33H53N3O4. The molecule has 1 aromatic rings. The topological polar surface area (TPSA) is 73.3 Å². The molecule has 224 valence electrons. The van der Waals surface area contributed by atoms with Crippen LogP contribution in [0.1, 0.15) is 83.3 Å². The van der Waals surface area contributed by atoms with Gasteiger partial charge in [0.05, 0.1) is 19.1 Å². The summed E-state index contributed by atoms with van der Waals surface area (Å²) in [6.45, 7) is 12.7. The SMILES string of the molecule is C/C=C/C(C)(C)CC[C@H]1[C@H](C(=O)O)[C@@H](c2ccc3c(c2)CCO3)CN1CC(=O)N(CCCC)CCCCN(C)C. The second-order valence-electron chi connectivity index (χ2n) is 12.7. The van der Waals surface area contributed by atoms with Crippen molar-refractivity contribution in [3.63, 3.8) is 0 Å². The first kappa shape index (κ1) is 32.1. The number of allylic oxidation sites excluding steroid dienone is 2. The highest BCUT2D eigenvalue weighted by Gasteiger charge is 2.47. The Hall–Kier alpha value is -2.38. The minimum atomic E-state index is -0.767. The van der Waals surface area contributed by atoms with Gasteiger partial charge in [-0.3, -0.25) is 14.5 Å². The summed E-state index contributed by atoms with van der Waals surface area (Å²) in [5, 5.41) is 10.5. The number of ether oxygens (including phenoxy) is 1. The molecule has 3 rings (SSSR count). The van der Waals surface area contributed by atoms with Crippen molar-refractivity contribution in [2.45, 2.75) is 84.6 Å². The minimum Gasteiger partial charge on any atom is -0.493 e. The van der Waals surface area contributed by atoms with Crippen molar-refractivity contribution in [3.05, 3.63) is 41.5 Å². The summed E-state index contributed by atoms with van der Waals surface area (Å²) >= 11 is 0. The Morgan fingerprint density at radius 2 is 1.88 bits per heavy atom. The molecule has 40 heavy (non-hydrogen) atoms. The van der Waals surface area contributed by atoms with E-state index in [0.29, 0.717) is 13.2 Å². The van der Waals surface area contributed by atoms with Gasteiger partial charge in [-0.25, -0.2) is 0 Å². The Bertz CT molecular complexity index is 1010. The van der Waals surface area contributed by atoms with Crippen LogP contribution in [0.25, 0.3) is 0 Å². The van der Waals surface area contributed by atoms with Crippen LogP contribution in [-0.2, 0) is 16.0 Å². The lowest BCUT2D eigenvalue weighted by molar-refractivity contribution is -0.144. The molecule has 1 aromatic carbocycles. The largest absolute Gasteiger partial charge is 0.493 e. The summed E-state index contributed by atoms with van der Waals surface area (Å²) in [7, 11) is 4.16. The van der Waals surface area contributed by atoms with Crippen LogP contribution >= 0.6 is 0 Å². The number of aliphatic carboxylic acids is 1. The predicted molar refractivity (Wildman–Crippen MR) is 162 cm³/mol. The highest BCUT2D eigenvalue weighted by atomic mass is 16.5. The Balaban J connectivity index is 1.84. The predicted octanol–water partition coefficient (Wildman–Crippen LogP) is 5.44. The maximum atomic E-state index is 13.8. The molecule has 2 aliphatic heterocycles. The molecule has 0 bridgehead atoms. The Morgan fingerprint density at radius 3 is 2.55 bits per heavy atom. The van der Waals surface area contributed by atoms with Gasteiger partial charge in [-0.2, -0.15) is 0 Å².